The maximum absolute atomic E-state index is 12.9. The molecule has 1 heterocycles. The third-order valence-corrected chi connectivity index (χ3v) is 2.86. The van der Waals surface area contributed by atoms with Crippen molar-refractivity contribution in [2.75, 3.05) is 18.4 Å². The van der Waals surface area contributed by atoms with E-state index < -0.39 is 17.2 Å². The number of aliphatic imine (C=N–C) groups is 1. The topological polar surface area (TPSA) is 144 Å². The Bertz CT molecular complexity index is 775. The van der Waals surface area contributed by atoms with Gasteiger partial charge in [-0.2, -0.15) is 4.98 Å². The number of nitrogens with one attached hydrogen (secondary N) is 2. The minimum absolute atomic E-state index is 0.00424. The van der Waals surface area contributed by atoms with E-state index in [0.717, 1.165) is 4.57 Å². The molecule has 2 rings (SSSR count). The molecule has 0 unspecified atom stereocenters. The average molecular weight is 321 g/mol. The van der Waals surface area contributed by atoms with Crippen LogP contribution >= 0.6 is 0 Å². The van der Waals surface area contributed by atoms with Gasteiger partial charge in [-0.1, -0.05) is 12.1 Å². The SMILES string of the molecule is NC(N)=NCCNc1nc(=O)n(Cc2ccc(F)cc2)c(=O)[nH]1. The van der Waals surface area contributed by atoms with E-state index in [2.05, 4.69) is 20.3 Å². The van der Waals surface area contributed by atoms with Gasteiger partial charge in [-0.05, 0) is 17.7 Å². The predicted octanol–water partition coefficient (Wildman–Crippen LogP) is -1.20. The van der Waals surface area contributed by atoms with Crippen molar-refractivity contribution in [3.8, 4) is 0 Å². The lowest BCUT2D eigenvalue weighted by molar-refractivity contribution is 0.624. The van der Waals surface area contributed by atoms with Crippen LogP contribution in [0.5, 0.6) is 0 Å². The molecular weight excluding hydrogens is 305 g/mol. The monoisotopic (exact) mass is 321 g/mol. The molecule has 0 radical (unpaired) electrons. The number of nitrogens with two attached hydrogens (primary N) is 2. The Labute approximate surface area is 129 Å². The zero-order valence-corrected chi connectivity index (χ0v) is 12.1. The first kappa shape index (κ1) is 16.2. The standard InChI is InChI=1S/C13H16FN7O2/c14-9-3-1-8(2-4-9)7-21-12(22)19-11(20-13(21)23)18-6-5-17-10(15)16/h1-4H,5-7H2,(H4,15,16,17)(H2,18,19,20,22,23). The third-order valence-electron chi connectivity index (χ3n) is 2.86. The molecule has 1 aromatic heterocycles. The van der Waals surface area contributed by atoms with E-state index in [0.29, 0.717) is 12.1 Å². The summed E-state index contributed by atoms with van der Waals surface area (Å²) >= 11 is 0. The maximum Gasteiger partial charge on any atom is 0.355 e. The van der Waals surface area contributed by atoms with E-state index >= 15 is 0 Å². The van der Waals surface area contributed by atoms with Gasteiger partial charge >= 0.3 is 11.4 Å². The number of hydrogen-bond acceptors (Lipinski definition) is 5. The lowest BCUT2D eigenvalue weighted by Gasteiger charge is -2.07. The average Bonchev–Trinajstić information content (AvgIpc) is 2.49. The van der Waals surface area contributed by atoms with Crippen LogP contribution < -0.4 is 28.2 Å². The van der Waals surface area contributed by atoms with E-state index in [1.165, 1.54) is 24.3 Å². The molecule has 2 aromatic rings. The summed E-state index contributed by atoms with van der Waals surface area (Å²) in [7, 11) is 0. The number of halogens is 1. The Kier molecular flexibility index (Phi) is 5.07. The van der Waals surface area contributed by atoms with Gasteiger partial charge in [0.25, 0.3) is 0 Å². The largest absolute Gasteiger partial charge is 0.370 e. The van der Waals surface area contributed by atoms with Crippen LogP contribution in [0, 0.1) is 5.82 Å². The summed E-state index contributed by atoms with van der Waals surface area (Å²) in [6.07, 6.45) is 0. The summed E-state index contributed by atoms with van der Waals surface area (Å²) in [6.45, 7) is 0.558. The highest BCUT2D eigenvalue weighted by Gasteiger charge is 2.06. The van der Waals surface area contributed by atoms with Crippen LogP contribution in [0.3, 0.4) is 0 Å². The Hall–Kier alpha value is -3.17. The fourth-order valence-electron chi connectivity index (χ4n) is 1.79. The number of guanidine groups is 1. The second-order valence-corrected chi connectivity index (χ2v) is 4.62. The quantitative estimate of drug-likeness (QED) is 0.299. The summed E-state index contributed by atoms with van der Waals surface area (Å²) in [4.78, 5) is 33.8. The minimum atomic E-state index is -0.720. The molecule has 0 saturated heterocycles. The number of hydrogen-bond donors (Lipinski definition) is 4. The Balaban J connectivity index is 2.11. The smallest absolute Gasteiger partial charge is 0.355 e. The molecule has 23 heavy (non-hydrogen) atoms. The van der Waals surface area contributed by atoms with Crippen LogP contribution in [0.4, 0.5) is 10.3 Å². The van der Waals surface area contributed by atoms with Gasteiger partial charge in [0, 0.05) is 6.54 Å². The molecule has 0 saturated carbocycles. The second kappa shape index (κ2) is 7.20. The zero-order valence-electron chi connectivity index (χ0n) is 12.1. The van der Waals surface area contributed by atoms with Gasteiger partial charge in [-0.25, -0.2) is 18.5 Å². The number of anilines is 1. The highest BCUT2D eigenvalue weighted by Crippen LogP contribution is 2.03. The Morgan fingerprint density at radius 1 is 1.30 bits per heavy atom. The normalized spacial score (nSPS) is 10.3. The molecule has 0 atom stereocenters. The van der Waals surface area contributed by atoms with Crippen molar-refractivity contribution in [3.63, 3.8) is 0 Å². The van der Waals surface area contributed by atoms with Crippen LogP contribution in [0.2, 0.25) is 0 Å². The third kappa shape index (κ3) is 4.66. The Morgan fingerprint density at radius 2 is 2.00 bits per heavy atom. The zero-order chi connectivity index (χ0) is 16.8. The van der Waals surface area contributed by atoms with Crippen LogP contribution in [-0.4, -0.2) is 33.6 Å². The van der Waals surface area contributed by atoms with Crippen molar-refractivity contribution in [2.24, 2.45) is 16.5 Å². The molecule has 122 valence electrons. The molecular formula is C13H16FN7O2. The minimum Gasteiger partial charge on any atom is -0.370 e. The van der Waals surface area contributed by atoms with Crippen molar-refractivity contribution in [2.45, 2.75) is 6.54 Å². The summed E-state index contributed by atoms with van der Waals surface area (Å²) < 4.78 is 13.8. The van der Waals surface area contributed by atoms with E-state index in [9.17, 15) is 14.0 Å². The maximum atomic E-state index is 12.9. The van der Waals surface area contributed by atoms with E-state index in [-0.39, 0.29) is 25.0 Å². The number of aromatic amines is 1. The number of rotatable bonds is 6. The number of H-pyrrole nitrogens is 1. The lowest BCUT2D eigenvalue weighted by atomic mass is 10.2. The van der Waals surface area contributed by atoms with Gasteiger partial charge in [-0.15, -0.1) is 0 Å². The molecule has 6 N–H and O–H groups in total. The lowest BCUT2D eigenvalue weighted by Crippen LogP contribution is -2.38. The first-order valence-corrected chi connectivity index (χ1v) is 6.70. The number of aromatic nitrogens is 3. The van der Waals surface area contributed by atoms with E-state index in [1.54, 1.807) is 0 Å². The highest BCUT2D eigenvalue weighted by atomic mass is 19.1. The van der Waals surface area contributed by atoms with Crippen molar-refractivity contribution in [1.29, 1.82) is 0 Å². The fraction of sp³-hybridized carbons (Fsp3) is 0.231. The fourth-order valence-corrected chi connectivity index (χ4v) is 1.79. The van der Waals surface area contributed by atoms with E-state index in [1.807, 2.05) is 0 Å². The van der Waals surface area contributed by atoms with Crippen molar-refractivity contribution in [3.05, 3.63) is 56.6 Å². The summed E-state index contributed by atoms with van der Waals surface area (Å²) in [5.74, 6) is -0.419. The van der Waals surface area contributed by atoms with Gasteiger partial charge in [0.2, 0.25) is 5.95 Å². The van der Waals surface area contributed by atoms with Crippen molar-refractivity contribution >= 4 is 11.9 Å². The summed E-state index contributed by atoms with van der Waals surface area (Å²) in [5.41, 5.74) is 9.60. The van der Waals surface area contributed by atoms with Crippen LogP contribution in [0.15, 0.2) is 38.8 Å². The molecule has 0 amide bonds. The van der Waals surface area contributed by atoms with Crippen LogP contribution in [0.25, 0.3) is 0 Å². The molecule has 0 spiro atoms. The number of benzene rings is 1. The highest BCUT2D eigenvalue weighted by molar-refractivity contribution is 5.75. The van der Waals surface area contributed by atoms with Crippen LogP contribution in [-0.2, 0) is 6.54 Å². The van der Waals surface area contributed by atoms with Gasteiger partial charge < -0.3 is 16.8 Å². The van der Waals surface area contributed by atoms with Crippen LogP contribution in [0.1, 0.15) is 5.56 Å². The molecule has 1 aromatic carbocycles. The molecule has 0 aliphatic rings. The molecule has 0 aliphatic carbocycles. The Morgan fingerprint density at radius 3 is 2.61 bits per heavy atom. The summed E-state index contributed by atoms with van der Waals surface area (Å²) in [5, 5.41) is 2.73. The van der Waals surface area contributed by atoms with Crippen molar-refractivity contribution < 1.29 is 4.39 Å². The first-order chi connectivity index (χ1) is 11.0. The van der Waals surface area contributed by atoms with E-state index in [4.69, 9.17) is 11.5 Å². The molecule has 10 heteroatoms. The molecule has 0 bridgehead atoms. The van der Waals surface area contributed by atoms with Gasteiger partial charge in [0.05, 0.1) is 13.1 Å². The predicted molar refractivity (Wildman–Crippen MR) is 83.8 cm³/mol. The molecule has 9 nitrogen and oxygen atoms in total. The second-order valence-electron chi connectivity index (χ2n) is 4.62. The molecule has 0 aliphatic heterocycles. The van der Waals surface area contributed by atoms with Crippen molar-refractivity contribution in [1.82, 2.24) is 14.5 Å². The first-order valence-electron chi connectivity index (χ1n) is 6.70. The van der Waals surface area contributed by atoms with Gasteiger partial charge in [0.15, 0.2) is 5.96 Å². The molecule has 0 fully saturated rings. The van der Waals surface area contributed by atoms with Gasteiger partial charge in [-0.3, -0.25) is 9.98 Å². The number of nitrogens with zero attached hydrogens (tertiary/aromatic N) is 3. The summed E-state index contributed by atoms with van der Waals surface area (Å²) in [6, 6.07) is 5.48. The van der Waals surface area contributed by atoms with Gasteiger partial charge in [0.1, 0.15) is 5.82 Å².